The highest BCUT2D eigenvalue weighted by molar-refractivity contribution is 5.95. The minimum Gasteiger partial charge on any atom is -0.406 e. The molecule has 168 valence electrons. The Morgan fingerprint density at radius 2 is 1.94 bits per heavy atom. The van der Waals surface area contributed by atoms with Crippen molar-refractivity contribution >= 4 is 5.78 Å². The van der Waals surface area contributed by atoms with Gasteiger partial charge in [0.1, 0.15) is 11.4 Å². The topological polar surface area (TPSA) is 90.1 Å². The summed E-state index contributed by atoms with van der Waals surface area (Å²) in [6, 6.07) is 6.76. The van der Waals surface area contributed by atoms with Crippen LogP contribution in [0.15, 0.2) is 42.7 Å². The van der Waals surface area contributed by atoms with Gasteiger partial charge in [-0.2, -0.15) is 5.10 Å². The lowest BCUT2D eigenvalue weighted by molar-refractivity contribution is -0.274. The van der Waals surface area contributed by atoms with Crippen LogP contribution in [-0.2, 0) is 7.05 Å². The van der Waals surface area contributed by atoms with Crippen LogP contribution in [0.25, 0.3) is 22.6 Å². The molecule has 4 rings (SSSR count). The van der Waals surface area contributed by atoms with Crippen molar-refractivity contribution in [3.63, 3.8) is 0 Å². The molecule has 2 aromatic heterocycles. The number of hydrogen-bond donors (Lipinski definition) is 1. The summed E-state index contributed by atoms with van der Waals surface area (Å²) in [5.74, 6) is -0.404. The van der Waals surface area contributed by atoms with Gasteiger partial charge in [-0.15, -0.1) is 13.2 Å². The first-order valence-electron chi connectivity index (χ1n) is 10.1. The number of hydrogen-bond acceptors (Lipinski definition) is 6. The molecule has 1 saturated carbocycles. The lowest BCUT2D eigenvalue weighted by Gasteiger charge is -2.14. The van der Waals surface area contributed by atoms with Crippen LogP contribution < -0.4 is 4.74 Å². The molecule has 0 radical (unpaired) electrons. The molecule has 1 fully saturated rings. The third-order valence-corrected chi connectivity index (χ3v) is 5.43. The van der Waals surface area contributed by atoms with Gasteiger partial charge in [-0.1, -0.05) is 6.42 Å². The number of aliphatic hydroxyl groups is 1. The largest absolute Gasteiger partial charge is 0.573 e. The smallest absolute Gasteiger partial charge is 0.406 e. The van der Waals surface area contributed by atoms with Crippen LogP contribution in [0.2, 0.25) is 0 Å². The van der Waals surface area contributed by atoms with Gasteiger partial charge in [0.2, 0.25) is 0 Å². The maximum Gasteiger partial charge on any atom is 0.573 e. The van der Waals surface area contributed by atoms with E-state index in [1.54, 1.807) is 24.1 Å². The third kappa shape index (κ3) is 5.13. The predicted molar refractivity (Wildman–Crippen MR) is 109 cm³/mol. The van der Waals surface area contributed by atoms with E-state index < -0.39 is 12.5 Å². The number of aliphatic hydroxyl groups excluding tert-OH is 1. The number of carbonyl (C=O) groups is 1. The Labute approximate surface area is 181 Å². The monoisotopic (exact) mass is 446 g/mol. The summed E-state index contributed by atoms with van der Waals surface area (Å²) in [4.78, 5) is 21.9. The van der Waals surface area contributed by atoms with Gasteiger partial charge in [-0.05, 0) is 49.1 Å². The van der Waals surface area contributed by atoms with Gasteiger partial charge in [0.15, 0.2) is 11.6 Å². The molecule has 1 N–H and O–H groups in total. The van der Waals surface area contributed by atoms with Gasteiger partial charge in [0, 0.05) is 25.2 Å². The van der Waals surface area contributed by atoms with E-state index in [-0.39, 0.29) is 35.4 Å². The van der Waals surface area contributed by atoms with Gasteiger partial charge >= 0.3 is 6.36 Å². The second-order valence-electron chi connectivity index (χ2n) is 7.82. The molecule has 0 amide bonds. The first kappa shape index (κ1) is 21.9. The van der Waals surface area contributed by atoms with Gasteiger partial charge in [0.05, 0.1) is 23.6 Å². The highest BCUT2D eigenvalue weighted by Gasteiger charge is 2.31. The fourth-order valence-corrected chi connectivity index (χ4v) is 3.83. The van der Waals surface area contributed by atoms with E-state index in [2.05, 4.69) is 19.8 Å². The van der Waals surface area contributed by atoms with Crippen molar-refractivity contribution in [1.29, 1.82) is 0 Å². The molecule has 2 atom stereocenters. The molecular weight excluding hydrogens is 425 g/mol. The zero-order valence-electron chi connectivity index (χ0n) is 17.2. The molecule has 0 bridgehead atoms. The Morgan fingerprint density at radius 1 is 1.19 bits per heavy atom. The normalized spacial score (nSPS) is 18.7. The number of benzene rings is 1. The van der Waals surface area contributed by atoms with E-state index in [1.807, 2.05) is 0 Å². The van der Waals surface area contributed by atoms with Crippen LogP contribution >= 0.6 is 0 Å². The summed E-state index contributed by atoms with van der Waals surface area (Å²) < 4.78 is 42.8. The molecular formula is C22H21F3N4O3. The summed E-state index contributed by atoms with van der Waals surface area (Å²) in [6.07, 6.45) is 0.488. The number of ether oxygens (including phenoxy) is 1. The molecule has 10 heteroatoms. The Hall–Kier alpha value is -3.27. The van der Waals surface area contributed by atoms with Crippen molar-refractivity contribution in [3.8, 4) is 28.4 Å². The van der Waals surface area contributed by atoms with E-state index in [0.29, 0.717) is 23.2 Å². The first-order chi connectivity index (χ1) is 15.2. The van der Waals surface area contributed by atoms with E-state index in [0.717, 1.165) is 12.8 Å². The molecule has 1 aromatic carbocycles. The van der Waals surface area contributed by atoms with Crippen molar-refractivity contribution in [1.82, 2.24) is 19.7 Å². The summed E-state index contributed by atoms with van der Waals surface area (Å²) in [5.41, 5.74) is 1.67. The summed E-state index contributed by atoms with van der Waals surface area (Å²) in [7, 11) is 1.74. The predicted octanol–water partition coefficient (Wildman–Crippen LogP) is 4.18. The molecule has 0 saturated heterocycles. The number of nitrogens with zero attached hydrogens (tertiary/aromatic N) is 4. The Balaban J connectivity index is 1.68. The van der Waals surface area contributed by atoms with Gasteiger partial charge in [-0.25, -0.2) is 9.97 Å². The maximum absolute atomic E-state index is 13.0. The molecule has 3 aromatic rings. The van der Waals surface area contributed by atoms with Crippen LogP contribution in [0, 0.1) is 5.92 Å². The maximum atomic E-state index is 13.0. The standard InChI is InChI=1S/C22H21F3N4O3/c1-29-12-15(11-26-29)21-27-17(13-5-7-16(8-6-13)32-22(23,24)25)10-18(28-21)20(31)9-14-3-2-4-19(14)30/h5-8,10-12,14,19,30H,2-4,9H2,1H3/t14-,19+/m1/s1. The molecule has 0 aliphatic heterocycles. The van der Waals surface area contributed by atoms with Gasteiger partial charge in [-0.3, -0.25) is 9.48 Å². The fourth-order valence-electron chi connectivity index (χ4n) is 3.83. The minimum absolute atomic E-state index is 0.110. The minimum atomic E-state index is -4.78. The Morgan fingerprint density at radius 3 is 2.53 bits per heavy atom. The molecule has 1 aliphatic rings. The van der Waals surface area contributed by atoms with Crippen LogP contribution in [0.3, 0.4) is 0 Å². The quantitative estimate of drug-likeness (QED) is 0.572. The van der Waals surface area contributed by atoms with Crippen LogP contribution in [0.5, 0.6) is 5.75 Å². The van der Waals surface area contributed by atoms with Gasteiger partial charge < -0.3 is 9.84 Å². The molecule has 0 unspecified atom stereocenters. The zero-order chi connectivity index (χ0) is 22.9. The number of rotatable bonds is 6. The van der Waals surface area contributed by atoms with Crippen molar-refractivity contribution in [2.75, 3.05) is 0 Å². The average Bonchev–Trinajstić information content (AvgIpc) is 3.35. The molecule has 2 heterocycles. The Bertz CT molecular complexity index is 1110. The lowest BCUT2D eigenvalue weighted by Crippen LogP contribution is -2.18. The van der Waals surface area contributed by atoms with Crippen molar-refractivity contribution in [2.24, 2.45) is 13.0 Å². The fraction of sp³-hybridized carbons (Fsp3) is 0.364. The lowest BCUT2D eigenvalue weighted by atomic mass is 9.97. The second kappa shape index (κ2) is 8.70. The number of aryl methyl sites for hydroxylation is 1. The second-order valence-corrected chi connectivity index (χ2v) is 7.82. The number of Topliss-reactive ketones (excluding diaryl/α,β-unsaturated/α-hetero) is 1. The van der Waals surface area contributed by atoms with Crippen LogP contribution in [-0.4, -0.2) is 43.1 Å². The van der Waals surface area contributed by atoms with Gasteiger partial charge in [0.25, 0.3) is 0 Å². The number of carbonyl (C=O) groups excluding carboxylic acids is 1. The molecule has 7 nitrogen and oxygen atoms in total. The zero-order valence-corrected chi connectivity index (χ0v) is 17.2. The van der Waals surface area contributed by atoms with E-state index in [9.17, 15) is 23.1 Å². The van der Waals surface area contributed by atoms with E-state index >= 15 is 0 Å². The molecule has 32 heavy (non-hydrogen) atoms. The van der Waals surface area contributed by atoms with E-state index in [4.69, 9.17) is 0 Å². The van der Waals surface area contributed by atoms with E-state index in [1.165, 1.54) is 30.3 Å². The highest BCUT2D eigenvalue weighted by Crippen LogP contribution is 2.31. The Kier molecular flexibility index (Phi) is 5.96. The third-order valence-electron chi connectivity index (χ3n) is 5.43. The van der Waals surface area contributed by atoms with Crippen molar-refractivity contribution < 1.29 is 27.8 Å². The van der Waals surface area contributed by atoms with Crippen molar-refractivity contribution in [2.45, 2.75) is 38.1 Å². The van der Waals surface area contributed by atoms with Crippen molar-refractivity contribution in [3.05, 3.63) is 48.4 Å². The highest BCUT2D eigenvalue weighted by atomic mass is 19.4. The number of halogens is 3. The first-order valence-corrected chi connectivity index (χ1v) is 10.1. The van der Waals surface area contributed by atoms with Crippen LogP contribution in [0.4, 0.5) is 13.2 Å². The molecule has 0 spiro atoms. The summed E-state index contributed by atoms with van der Waals surface area (Å²) in [6.45, 7) is 0. The average molecular weight is 446 g/mol. The molecule has 1 aliphatic carbocycles. The number of aromatic nitrogens is 4. The summed E-state index contributed by atoms with van der Waals surface area (Å²) in [5, 5.41) is 14.2. The SMILES string of the molecule is Cn1cc(-c2nc(C(=O)C[C@H]3CCC[C@@H]3O)cc(-c3ccc(OC(F)(F)F)cc3)n2)cn1. The summed E-state index contributed by atoms with van der Waals surface area (Å²) >= 11 is 0. The number of alkyl halides is 3. The van der Waals surface area contributed by atoms with Crippen LogP contribution in [0.1, 0.15) is 36.2 Å². The number of ketones is 1.